The van der Waals surface area contributed by atoms with E-state index in [0.717, 1.165) is 26.2 Å². The Bertz CT molecular complexity index is 195. The molecule has 1 aliphatic rings. The summed E-state index contributed by atoms with van der Waals surface area (Å²) in [5, 5.41) is 13.2. The van der Waals surface area contributed by atoms with Crippen LogP contribution < -0.4 is 5.32 Å². The zero-order valence-corrected chi connectivity index (χ0v) is 9.55. The van der Waals surface area contributed by atoms with Gasteiger partial charge in [-0.3, -0.25) is 19.8 Å². The molecule has 0 aromatic rings. The van der Waals surface area contributed by atoms with Crippen LogP contribution in [0.4, 0.5) is 0 Å². The van der Waals surface area contributed by atoms with Crippen molar-refractivity contribution in [1.29, 1.82) is 0 Å². The van der Waals surface area contributed by atoms with E-state index in [-0.39, 0.29) is 11.5 Å². The Morgan fingerprint density at radius 2 is 2.12 bits per heavy atom. The lowest BCUT2D eigenvalue weighted by Crippen LogP contribution is -2.45. The maximum absolute atomic E-state index is 10.0. The van der Waals surface area contributed by atoms with Crippen molar-refractivity contribution in [3.05, 3.63) is 10.1 Å². The summed E-state index contributed by atoms with van der Waals surface area (Å²) >= 11 is 0. The van der Waals surface area contributed by atoms with Crippen molar-refractivity contribution in [2.75, 3.05) is 45.9 Å². The molecule has 94 valence electrons. The van der Waals surface area contributed by atoms with E-state index in [9.17, 15) is 14.9 Å². The third-order valence-electron chi connectivity index (χ3n) is 2.04. The lowest BCUT2D eigenvalue weighted by Gasteiger charge is -2.25. The average Bonchev–Trinajstić information content (AvgIpc) is 2.30. The number of ether oxygens (including phenoxy) is 1. The standard InChI is InChI=1S/C6H13N3O2.C3H6O2/c10-9(11)6-5-8-3-1-7-2-4-8;1-2-5-3-4/h7H,1-6H2;3H,2H2,1H3. The number of hydrogen-bond donors (Lipinski definition) is 1. The summed E-state index contributed by atoms with van der Waals surface area (Å²) in [4.78, 5) is 21.0. The monoisotopic (exact) mass is 233 g/mol. The van der Waals surface area contributed by atoms with Gasteiger partial charge in [0.1, 0.15) is 0 Å². The molecule has 1 fully saturated rings. The lowest BCUT2D eigenvalue weighted by atomic mass is 10.3. The van der Waals surface area contributed by atoms with Crippen LogP contribution in [0.15, 0.2) is 0 Å². The summed E-state index contributed by atoms with van der Waals surface area (Å²) in [6.45, 7) is 7.11. The highest BCUT2D eigenvalue weighted by Crippen LogP contribution is 1.90. The van der Waals surface area contributed by atoms with Crippen LogP contribution in [0.3, 0.4) is 0 Å². The minimum Gasteiger partial charge on any atom is -0.468 e. The normalized spacial score (nSPS) is 15.8. The molecule has 1 aliphatic heterocycles. The smallest absolute Gasteiger partial charge is 0.293 e. The summed E-state index contributed by atoms with van der Waals surface area (Å²) in [6.07, 6.45) is 0. The molecule has 16 heavy (non-hydrogen) atoms. The molecule has 1 rings (SSSR count). The van der Waals surface area contributed by atoms with Crippen molar-refractivity contribution >= 4 is 6.47 Å². The number of piperazine rings is 1. The molecular weight excluding hydrogens is 214 g/mol. The van der Waals surface area contributed by atoms with Gasteiger partial charge in [0.25, 0.3) is 6.47 Å². The third-order valence-corrected chi connectivity index (χ3v) is 2.04. The number of carbonyl (C=O) groups is 1. The third kappa shape index (κ3) is 9.35. The van der Waals surface area contributed by atoms with Crippen molar-refractivity contribution < 1.29 is 14.5 Å². The van der Waals surface area contributed by atoms with Gasteiger partial charge in [-0.2, -0.15) is 0 Å². The second-order valence-corrected chi connectivity index (χ2v) is 3.20. The van der Waals surface area contributed by atoms with Gasteiger partial charge in [-0.15, -0.1) is 0 Å². The quantitative estimate of drug-likeness (QED) is 0.386. The Hall–Kier alpha value is -1.21. The zero-order chi connectivity index (χ0) is 12.2. The van der Waals surface area contributed by atoms with Gasteiger partial charge in [0.05, 0.1) is 13.2 Å². The molecule has 0 radical (unpaired) electrons. The molecule has 0 unspecified atom stereocenters. The minimum atomic E-state index is -0.262. The van der Waals surface area contributed by atoms with Gasteiger partial charge in [0.2, 0.25) is 6.54 Å². The Balaban J connectivity index is 0.000000385. The van der Waals surface area contributed by atoms with E-state index >= 15 is 0 Å². The maximum atomic E-state index is 10.0. The number of nitro groups is 1. The van der Waals surface area contributed by atoms with Crippen LogP contribution in [-0.4, -0.2) is 62.2 Å². The van der Waals surface area contributed by atoms with Crippen LogP contribution in [-0.2, 0) is 9.53 Å². The van der Waals surface area contributed by atoms with Gasteiger partial charge < -0.3 is 10.1 Å². The van der Waals surface area contributed by atoms with Crippen molar-refractivity contribution in [3.8, 4) is 0 Å². The van der Waals surface area contributed by atoms with Gasteiger partial charge in [0, 0.05) is 31.1 Å². The molecule has 7 nitrogen and oxygen atoms in total. The number of rotatable bonds is 5. The molecule has 0 aromatic heterocycles. The number of nitrogens with one attached hydrogen (secondary N) is 1. The number of hydrogen-bond acceptors (Lipinski definition) is 6. The molecule has 1 heterocycles. The Labute approximate surface area is 94.9 Å². The average molecular weight is 233 g/mol. The second kappa shape index (κ2) is 10.3. The summed E-state index contributed by atoms with van der Waals surface area (Å²) in [5.74, 6) is 0. The van der Waals surface area contributed by atoms with Crippen LogP contribution in [0.1, 0.15) is 6.92 Å². The zero-order valence-electron chi connectivity index (χ0n) is 9.55. The van der Waals surface area contributed by atoms with Crippen LogP contribution >= 0.6 is 0 Å². The molecule has 0 atom stereocenters. The Kier molecular flexibility index (Phi) is 9.53. The minimum absolute atomic E-state index is 0.0694. The van der Waals surface area contributed by atoms with Gasteiger partial charge in [-0.05, 0) is 6.92 Å². The summed E-state index contributed by atoms with van der Waals surface area (Å²) in [5.41, 5.74) is 0. The first-order valence-corrected chi connectivity index (χ1v) is 5.30. The topological polar surface area (TPSA) is 84.7 Å². The fraction of sp³-hybridized carbons (Fsp3) is 0.889. The van der Waals surface area contributed by atoms with Crippen molar-refractivity contribution in [3.63, 3.8) is 0 Å². The fourth-order valence-corrected chi connectivity index (χ4v) is 1.23. The molecule has 0 amide bonds. The fourth-order valence-electron chi connectivity index (χ4n) is 1.23. The maximum Gasteiger partial charge on any atom is 0.293 e. The largest absolute Gasteiger partial charge is 0.468 e. The lowest BCUT2D eigenvalue weighted by molar-refractivity contribution is -0.480. The molecule has 7 heteroatoms. The SMILES string of the molecule is CCOC=O.O=[N+]([O-])CCN1CCNCC1. The Morgan fingerprint density at radius 3 is 2.50 bits per heavy atom. The van der Waals surface area contributed by atoms with Crippen molar-refractivity contribution in [1.82, 2.24) is 10.2 Å². The van der Waals surface area contributed by atoms with E-state index in [0.29, 0.717) is 19.6 Å². The van der Waals surface area contributed by atoms with E-state index in [4.69, 9.17) is 0 Å². The first-order chi connectivity index (χ1) is 7.70. The highest BCUT2D eigenvalue weighted by atomic mass is 16.6. The molecule has 1 saturated heterocycles. The number of nitrogens with zero attached hydrogens (tertiary/aromatic N) is 2. The van der Waals surface area contributed by atoms with Crippen LogP contribution in [0, 0.1) is 10.1 Å². The van der Waals surface area contributed by atoms with Gasteiger partial charge in [0.15, 0.2) is 0 Å². The first kappa shape index (κ1) is 14.8. The molecule has 0 bridgehead atoms. The van der Waals surface area contributed by atoms with E-state index in [1.165, 1.54) is 0 Å². The van der Waals surface area contributed by atoms with Gasteiger partial charge in [-0.25, -0.2) is 0 Å². The molecule has 0 saturated carbocycles. The van der Waals surface area contributed by atoms with Crippen LogP contribution in [0.5, 0.6) is 0 Å². The van der Waals surface area contributed by atoms with Gasteiger partial charge >= 0.3 is 0 Å². The molecule has 0 aromatic carbocycles. The predicted molar refractivity (Wildman–Crippen MR) is 58.9 cm³/mol. The summed E-state index contributed by atoms with van der Waals surface area (Å²) in [7, 11) is 0. The van der Waals surface area contributed by atoms with Gasteiger partial charge in [-0.1, -0.05) is 0 Å². The predicted octanol–water partition coefficient (Wildman–Crippen LogP) is -0.652. The molecule has 1 N–H and O–H groups in total. The molecule has 0 spiro atoms. The highest BCUT2D eigenvalue weighted by molar-refractivity contribution is 5.36. The van der Waals surface area contributed by atoms with E-state index in [1.807, 2.05) is 0 Å². The molecule has 0 aliphatic carbocycles. The van der Waals surface area contributed by atoms with Crippen LogP contribution in [0.25, 0.3) is 0 Å². The highest BCUT2D eigenvalue weighted by Gasteiger charge is 2.10. The first-order valence-electron chi connectivity index (χ1n) is 5.30. The van der Waals surface area contributed by atoms with E-state index in [2.05, 4.69) is 15.0 Å². The van der Waals surface area contributed by atoms with E-state index in [1.54, 1.807) is 6.92 Å². The van der Waals surface area contributed by atoms with Crippen molar-refractivity contribution in [2.45, 2.75) is 6.92 Å². The molecular formula is C9H19N3O4. The second-order valence-electron chi connectivity index (χ2n) is 3.20. The summed E-state index contributed by atoms with van der Waals surface area (Å²) < 4.78 is 4.15. The van der Waals surface area contributed by atoms with Crippen molar-refractivity contribution in [2.24, 2.45) is 0 Å². The Morgan fingerprint density at radius 1 is 1.50 bits per heavy atom. The van der Waals surface area contributed by atoms with Crippen LogP contribution in [0.2, 0.25) is 0 Å². The number of carbonyl (C=O) groups excluding carboxylic acids is 1. The van der Waals surface area contributed by atoms with E-state index < -0.39 is 0 Å². The summed E-state index contributed by atoms with van der Waals surface area (Å²) in [6, 6.07) is 0.